The largest absolute Gasteiger partial charge is 0.480 e. The molecule has 1 heterocycles. The van der Waals surface area contributed by atoms with E-state index in [1.165, 1.54) is 16.8 Å². The van der Waals surface area contributed by atoms with Gasteiger partial charge in [0.1, 0.15) is 5.75 Å². The first-order valence-corrected chi connectivity index (χ1v) is 13.0. The summed E-state index contributed by atoms with van der Waals surface area (Å²) in [6, 6.07) is 17.0. The molecule has 186 valence electrons. The molecule has 1 unspecified atom stereocenters. The molecule has 0 aliphatic carbocycles. The average molecular weight is 465 g/mol. The van der Waals surface area contributed by atoms with Crippen LogP contribution in [0, 0.1) is 0 Å². The molecule has 1 aliphatic rings. The zero-order valence-electron chi connectivity index (χ0n) is 22.4. The average Bonchev–Trinajstić information content (AvgIpc) is 2.87. The summed E-state index contributed by atoms with van der Waals surface area (Å²) in [5.74, 6) is 0.957. The Morgan fingerprint density at radius 2 is 1.50 bits per heavy atom. The van der Waals surface area contributed by atoms with Gasteiger partial charge in [0.05, 0.1) is 0 Å². The predicted octanol–water partition coefficient (Wildman–Crippen LogP) is 6.57. The lowest BCUT2D eigenvalue weighted by molar-refractivity contribution is -0.139. The van der Waals surface area contributed by atoms with Gasteiger partial charge in [-0.2, -0.15) is 0 Å². The Morgan fingerprint density at radius 1 is 0.882 bits per heavy atom. The lowest BCUT2D eigenvalue weighted by Crippen LogP contribution is -2.52. The van der Waals surface area contributed by atoms with Gasteiger partial charge in [-0.15, -0.1) is 0 Å². The van der Waals surface area contributed by atoms with Crippen LogP contribution in [0.2, 0.25) is 0 Å². The highest BCUT2D eigenvalue weighted by atomic mass is 16.5. The maximum atomic E-state index is 13.5. The van der Waals surface area contributed by atoms with Gasteiger partial charge in [0, 0.05) is 37.4 Å². The third-order valence-corrected chi connectivity index (χ3v) is 7.89. The summed E-state index contributed by atoms with van der Waals surface area (Å²) in [5.41, 5.74) is 3.83. The van der Waals surface area contributed by atoms with Crippen molar-refractivity contribution in [2.45, 2.75) is 84.7 Å². The van der Waals surface area contributed by atoms with E-state index >= 15 is 0 Å². The second-order valence-electron chi connectivity index (χ2n) is 10.8. The summed E-state index contributed by atoms with van der Waals surface area (Å²) in [6.45, 7) is 18.8. The number of piperazine rings is 1. The molecule has 0 radical (unpaired) electrons. The van der Waals surface area contributed by atoms with Crippen molar-refractivity contribution in [2.75, 3.05) is 31.1 Å². The molecule has 0 saturated carbocycles. The molecule has 0 aromatic heterocycles. The van der Waals surface area contributed by atoms with Crippen LogP contribution in [0.25, 0.3) is 0 Å². The zero-order valence-corrected chi connectivity index (χ0v) is 22.4. The van der Waals surface area contributed by atoms with Crippen LogP contribution in [0.15, 0.2) is 48.5 Å². The van der Waals surface area contributed by atoms with Crippen molar-refractivity contribution in [3.8, 4) is 5.75 Å². The van der Waals surface area contributed by atoms with Crippen LogP contribution in [0.4, 0.5) is 5.69 Å². The Labute approximate surface area is 207 Å². The molecule has 0 bridgehead atoms. The minimum Gasteiger partial charge on any atom is -0.480 e. The maximum Gasteiger partial charge on any atom is 0.263 e. The van der Waals surface area contributed by atoms with Crippen molar-refractivity contribution in [1.29, 1.82) is 0 Å². The van der Waals surface area contributed by atoms with E-state index in [0.717, 1.165) is 44.8 Å². The smallest absolute Gasteiger partial charge is 0.263 e. The number of ether oxygens (including phenoxy) is 1. The lowest BCUT2D eigenvalue weighted by atomic mass is 9.76. The predicted molar refractivity (Wildman–Crippen MR) is 143 cm³/mol. The number of carbonyl (C=O) groups is 1. The quantitative estimate of drug-likeness (QED) is 0.421. The molecular formula is C30H44N2O2. The van der Waals surface area contributed by atoms with Gasteiger partial charge in [-0.3, -0.25) is 4.79 Å². The van der Waals surface area contributed by atoms with E-state index in [-0.39, 0.29) is 16.7 Å². The monoisotopic (exact) mass is 464 g/mol. The second-order valence-corrected chi connectivity index (χ2v) is 10.8. The summed E-state index contributed by atoms with van der Waals surface area (Å²) < 4.78 is 6.51. The topological polar surface area (TPSA) is 32.8 Å². The summed E-state index contributed by atoms with van der Waals surface area (Å²) in [7, 11) is 0. The molecule has 34 heavy (non-hydrogen) atoms. The number of amides is 1. The minimum absolute atomic E-state index is 0.0299. The highest BCUT2D eigenvalue weighted by molar-refractivity contribution is 5.81. The van der Waals surface area contributed by atoms with Crippen LogP contribution in [0.1, 0.15) is 78.9 Å². The van der Waals surface area contributed by atoms with Gasteiger partial charge in [-0.25, -0.2) is 0 Å². The molecule has 2 aromatic carbocycles. The van der Waals surface area contributed by atoms with Crippen LogP contribution in [-0.2, 0) is 15.6 Å². The summed E-state index contributed by atoms with van der Waals surface area (Å²) in [4.78, 5) is 17.8. The van der Waals surface area contributed by atoms with Gasteiger partial charge in [-0.1, -0.05) is 78.8 Å². The minimum atomic E-state index is -0.459. The fraction of sp³-hybridized carbons (Fsp3) is 0.567. The summed E-state index contributed by atoms with van der Waals surface area (Å²) >= 11 is 0. The van der Waals surface area contributed by atoms with Crippen molar-refractivity contribution in [3.63, 3.8) is 0 Å². The van der Waals surface area contributed by atoms with Crippen LogP contribution in [-0.4, -0.2) is 43.1 Å². The third-order valence-electron chi connectivity index (χ3n) is 7.89. The van der Waals surface area contributed by atoms with Gasteiger partial charge in [0.25, 0.3) is 5.91 Å². The highest BCUT2D eigenvalue weighted by Crippen LogP contribution is 2.39. The van der Waals surface area contributed by atoms with Crippen LogP contribution < -0.4 is 9.64 Å². The van der Waals surface area contributed by atoms with E-state index in [2.05, 4.69) is 88.9 Å². The Morgan fingerprint density at radius 3 is 2.06 bits per heavy atom. The molecule has 1 aliphatic heterocycles. The Balaban J connectivity index is 1.77. The normalized spacial score (nSPS) is 15.9. The number of nitrogens with zero attached hydrogens (tertiary/aromatic N) is 2. The number of benzene rings is 2. The summed E-state index contributed by atoms with van der Waals surface area (Å²) in [5, 5.41) is 0. The molecule has 1 saturated heterocycles. The van der Waals surface area contributed by atoms with E-state index in [1.54, 1.807) is 0 Å². The molecule has 3 rings (SSSR count). The number of hydrogen-bond acceptors (Lipinski definition) is 3. The van der Waals surface area contributed by atoms with E-state index < -0.39 is 6.10 Å². The SMILES string of the molecule is CCC(Oc1ccc(C(C)(C)CC)cc1C(C)(C)CC)C(=O)N1CCN(c2ccccc2)CC1. The van der Waals surface area contributed by atoms with E-state index in [9.17, 15) is 4.79 Å². The number of carbonyl (C=O) groups excluding carboxylic acids is 1. The Hall–Kier alpha value is -2.49. The van der Waals surface area contributed by atoms with Crippen LogP contribution in [0.5, 0.6) is 5.75 Å². The van der Waals surface area contributed by atoms with E-state index in [4.69, 9.17) is 4.74 Å². The number of para-hydroxylation sites is 1. The second kappa shape index (κ2) is 10.8. The standard InChI is InChI=1S/C30H44N2O2/c1-8-26(28(33)32-20-18-31(19-21-32)24-14-12-11-13-15-24)34-27-17-16-23(29(4,5)9-2)22-25(27)30(6,7)10-3/h11-17,22,26H,8-10,18-21H2,1-7H3. The molecule has 0 N–H and O–H groups in total. The molecule has 1 fully saturated rings. The van der Waals surface area contributed by atoms with Crippen molar-refractivity contribution in [2.24, 2.45) is 0 Å². The van der Waals surface area contributed by atoms with Gasteiger partial charge >= 0.3 is 0 Å². The van der Waals surface area contributed by atoms with Gasteiger partial charge in [-0.05, 0) is 53.9 Å². The first kappa shape index (κ1) is 26.1. The molecule has 2 aromatic rings. The van der Waals surface area contributed by atoms with E-state index in [0.29, 0.717) is 6.42 Å². The summed E-state index contributed by atoms with van der Waals surface area (Å²) in [6.07, 6.45) is 2.28. The van der Waals surface area contributed by atoms with Gasteiger partial charge in [0.2, 0.25) is 0 Å². The molecule has 4 heteroatoms. The fourth-order valence-corrected chi connectivity index (χ4v) is 4.47. The van der Waals surface area contributed by atoms with Crippen LogP contribution in [0.3, 0.4) is 0 Å². The lowest BCUT2D eigenvalue weighted by Gasteiger charge is -2.38. The first-order valence-electron chi connectivity index (χ1n) is 13.0. The maximum absolute atomic E-state index is 13.5. The third kappa shape index (κ3) is 5.76. The first-order chi connectivity index (χ1) is 16.1. The number of rotatable bonds is 9. The van der Waals surface area contributed by atoms with Crippen molar-refractivity contribution >= 4 is 11.6 Å². The van der Waals surface area contributed by atoms with Crippen molar-refractivity contribution < 1.29 is 9.53 Å². The number of hydrogen-bond donors (Lipinski definition) is 0. The zero-order chi connectivity index (χ0) is 24.9. The highest BCUT2D eigenvalue weighted by Gasteiger charge is 2.31. The Bertz CT molecular complexity index is 944. The number of anilines is 1. The van der Waals surface area contributed by atoms with Gasteiger partial charge < -0.3 is 14.5 Å². The fourth-order valence-electron chi connectivity index (χ4n) is 4.47. The molecule has 1 atom stereocenters. The van der Waals surface area contributed by atoms with Gasteiger partial charge in [0.15, 0.2) is 6.10 Å². The Kier molecular flexibility index (Phi) is 8.33. The molecule has 0 spiro atoms. The molecular weight excluding hydrogens is 420 g/mol. The van der Waals surface area contributed by atoms with E-state index in [1.807, 2.05) is 17.9 Å². The van der Waals surface area contributed by atoms with Crippen molar-refractivity contribution in [1.82, 2.24) is 4.90 Å². The van der Waals surface area contributed by atoms with Crippen LogP contribution >= 0.6 is 0 Å². The molecule has 4 nitrogen and oxygen atoms in total. The molecule has 1 amide bonds. The van der Waals surface area contributed by atoms with Crippen molar-refractivity contribution in [3.05, 3.63) is 59.7 Å².